The average molecular weight is 306 g/mol. The summed E-state index contributed by atoms with van der Waals surface area (Å²) in [5.74, 6) is -3.27. The van der Waals surface area contributed by atoms with Crippen LogP contribution in [-0.4, -0.2) is 28.8 Å². The highest BCUT2D eigenvalue weighted by Crippen LogP contribution is 2.38. The van der Waals surface area contributed by atoms with Crippen molar-refractivity contribution in [2.75, 3.05) is 6.61 Å². The highest BCUT2D eigenvalue weighted by molar-refractivity contribution is 5.91. The molecule has 2 rings (SSSR count). The number of allylic oxidation sites excluding steroid dienone is 2. The third kappa shape index (κ3) is 3.00. The van der Waals surface area contributed by atoms with Crippen LogP contribution < -0.4 is 4.74 Å². The van der Waals surface area contributed by atoms with E-state index in [9.17, 15) is 24.2 Å². The van der Waals surface area contributed by atoms with E-state index in [-0.39, 0.29) is 12.2 Å². The topological polar surface area (TPSA) is 83.8 Å². The number of ether oxygens (including phenoxy) is 1. The largest absolute Gasteiger partial charge is 0.493 e. The number of hydrogen-bond acceptors (Lipinski definition) is 3. The summed E-state index contributed by atoms with van der Waals surface area (Å²) >= 11 is 0. The van der Waals surface area contributed by atoms with Crippen LogP contribution in [0.25, 0.3) is 0 Å². The van der Waals surface area contributed by atoms with Crippen LogP contribution in [0.5, 0.6) is 5.75 Å². The summed E-state index contributed by atoms with van der Waals surface area (Å²) in [5.41, 5.74) is -1.42. The van der Waals surface area contributed by atoms with Crippen LogP contribution in [0.4, 0.5) is 4.39 Å². The number of carboxylic acid groups (broad SMARTS) is 2. The number of halogens is 1. The van der Waals surface area contributed by atoms with Gasteiger partial charge in [0.25, 0.3) is 0 Å². The molecule has 0 saturated heterocycles. The number of aliphatic carboxylic acids is 2. The molecule has 5 nitrogen and oxygen atoms in total. The van der Waals surface area contributed by atoms with Crippen LogP contribution in [0.1, 0.15) is 6.92 Å². The fourth-order valence-corrected chi connectivity index (χ4v) is 2.32. The Bertz CT molecular complexity index is 647. The van der Waals surface area contributed by atoms with Crippen molar-refractivity contribution < 1.29 is 28.9 Å². The highest BCUT2D eigenvalue weighted by Gasteiger charge is 2.45. The molecule has 0 fully saturated rings. The number of rotatable bonds is 5. The van der Waals surface area contributed by atoms with E-state index in [1.165, 1.54) is 49.4 Å². The SMILES string of the molecule is CC1(C(=O)O)C=CC=C(C(=O)O)C1COc1ccc(F)cc1. The molecule has 6 heteroatoms. The van der Waals surface area contributed by atoms with Crippen LogP contribution in [0, 0.1) is 17.2 Å². The van der Waals surface area contributed by atoms with Gasteiger partial charge in [0.2, 0.25) is 0 Å². The van der Waals surface area contributed by atoms with Gasteiger partial charge in [-0.3, -0.25) is 4.79 Å². The van der Waals surface area contributed by atoms with Gasteiger partial charge in [-0.05, 0) is 31.2 Å². The molecule has 0 aliphatic heterocycles. The fraction of sp³-hybridized carbons (Fsp3) is 0.250. The van der Waals surface area contributed by atoms with Crippen molar-refractivity contribution in [3.05, 3.63) is 53.9 Å². The standard InChI is InChI=1S/C16H15FO5/c1-16(15(20)21)8-2-3-12(14(18)19)13(16)9-22-11-6-4-10(17)5-7-11/h2-8,13H,9H2,1H3,(H,18,19)(H,20,21). The maximum atomic E-state index is 12.8. The van der Waals surface area contributed by atoms with Gasteiger partial charge in [0, 0.05) is 11.5 Å². The maximum absolute atomic E-state index is 12.8. The van der Waals surface area contributed by atoms with Gasteiger partial charge in [-0.15, -0.1) is 0 Å². The van der Waals surface area contributed by atoms with Crippen molar-refractivity contribution in [3.8, 4) is 5.75 Å². The summed E-state index contributed by atoms with van der Waals surface area (Å²) in [6.45, 7) is 1.30. The van der Waals surface area contributed by atoms with Crippen molar-refractivity contribution in [2.24, 2.45) is 11.3 Å². The first-order chi connectivity index (χ1) is 10.3. The van der Waals surface area contributed by atoms with Gasteiger partial charge in [0.15, 0.2) is 0 Å². The van der Waals surface area contributed by atoms with Crippen LogP contribution in [0.2, 0.25) is 0 Å². The summed E-state index contributed by atoms with van der Waals surface area (Å²) in [5, 5.41) is 18.7. The number of benzene rings is 1. The van der Waals surface area contributed by atoms with E-state index in [2.05, 4.69) is 0 Å². The fourth-order valence-electron chi connectivity index (χ4n) is 2.32. The number of hydrogen-bond donors (Lipinski definition) is 2. The third-order valence-corrected chi connectivity index (χ3v) is 3.76. The maximum Gasteiger partial charge on any atom is 0.332 e. The molecule has 116 valence electrons. The molecular weight excluding hydrogens is 291 g/mol. The van der Waals surface area contributed by atoms with Crippen LogP contribution in [0.15, 0.2) is 48.1 Å². The van der Waals surface area contributed by atoms with Crippen molar-refractivity contribution in [3.63, 3.8) is 0 Å². The number of carbonyl (C=O) groups is 2. The molecule has 0 heterocycles. The minimum atomic E-state index is -1.39. The predicted octanol–water partition coefficient (Wildman–Crippen LogP) is 2.49. The lowest BCUT2D eigenvalue weighted by atomic mass is 9.70. The molecule has 22 heavy (non-hydrogen) atoms. The van der Waals surface area contributed by atoms with Crippen LogP contribution in [0.3, 0.4) is 0 Å². The smallest absolute Gasteiger partial charge is 0.332 e. The zero-order valence-electron chi connectivity index (χ0n) is 11.8. The zero-order chi connectivity index (χ0) is 16.3. The Morgan fingerprint density at radius 1 is 1.27 bits per heavy atom. The normalized spacial score (nSPS) is 23.7. The lowest BCUT2D eigenvalue weighted by molar-refractivity contribution is -0.148. The Balaban J connectivity index is 2.24. The Kier molecular flexibility index (Phi) is 4.30. The second kappa shape index (κ2) is 6.01. The van der Waals surface area contributed by atoms with E-state index >= 15 is 0 Å². The van der Waals surface area contributed by atoms with Crippen LogP contribution >= 0.6 is 0 Å². The van der Waals surface area contributed by atoms with E-state index in [4.69, 9.17) is 4.74 Å². The summed E-state index contributed by atoms with van der Waals surface area (Å²) in [4.78, 5) is 22.9. The molecule has 1 aliphatic rings. The second-order valence-electron chi connectivity index (χ2n) is 5.19. The lowest BCUT2D eigenvalue weighted by Crippen LogP contribution is -2.41. The Hall–Kier alpha value is -2.63. The first-order valence-electron chi connectivity index (χ1n) is 6.59. The van der Waals surface area contributed by atoms with E-state index in [0.717, 1.165) is 0 Å². The second-order valence-corrected chi connectivity index (χ2v) is 5.19. The zero-order valence-corrected chi connectivity index (χ0v) is 11.8. The van der Waals surface area contributed by atoms with Crippen molar-refractivity contribution in [2.45, 2.75) is 6.92 Å². The molecule has 0 bridgehead atoms. The molecule has 1 aromatic carbocycles. The predicted molar refractivity (Wildman–Crippen MR) is 76.0 cm³/mol. The molecule has 2 atom stereocenters. The van der Waals surface area contributed by atoms with E-state index in [1.807, 2.05) is 0 Å². The first kappa shape index (κ1) is 15.8. The summed E-state index contributed by atoms with van der Waals surface area (Å²) < 4.78 is 18.3. The minimum Gasteiger partial charge on any atom is -0.493 e. The molecule has 0 amide bonds. The van der Waals surface area contributed by atoms with Crippen molar-refractivity contribution >= 4 is 11.9 Å². The quantitative estimate of drug-likeness (QED) is 0.873. The lowest BCUT2D eigenvalue weighted by Gasteiger charge is -2.33. The molecular formula is C16H15FO5. The Morgan fingerprint density at radius 2 is 1.91 bits per heavy atom. The molecule has 1 aliphatic carbocycles. The number of carboxylic acids is 2. The molecule has 0 spiro atoms. The van der Waals surface area contributed by atoms with Gasteiger partial charge >= 0.3 is 11.9 Å². The van der Waals surface area contributed by atoms with Crippen LogP contribution in [-0.2, 0) is 9.59 Å². The Labute approximate surface area is 126 Å². The van der Waals surface area contributed by atoms with E-state index in [0.29, 0.717) is 5.75 Å². The van der Waals surface area contributed by atoms with Gasteiger partial charge in [0.05, 0.1) is 12.0 Å². The minimum absolute atomic E-state index is 0.0329. The van der Waals surface area contributed by atoms with E-state index < -0.39 is 29.1 Å². The first-order valence-corrected chi connectivity index (χ1v) is 6.59. The molecule has 0 aromatic heterocycles. The van der Waals surface area contributed by atoms with Gasteiger partial charge in [-0.2, -0.15) is 0 Å². The van der Waals surface area contributed by atoms with E-state index in [1.54, 1.807) is 0 Å². The third-order valence-electron chi connectivity index (χ3n) is 3.76. The molecule has 0 radical (unpaired) electrons. The van der Waals surface area contributed by atoms with Gasteiger partial charge < -0.3 is 14.9 Å². The monoisotopic (exact) mass is 306 g/mol. The summed E-state index contributed by atoms with van der Waals surface area (Å²) in [6.07, 6.45) is 4.23. The molecule has 2 unspecified atom stereocenters. The van der Waals surface area contributed by atoms with Crippen molar-refractivity contribution in [1.82, 2.24) is 0 Å². The summed E-state index contributed by atoms with van der Waals surface area (Å²) in [7, 11) is 0. The van der Waals surface area contributed by atoms with Gasteiger partial charge in [0.1, 0.15) is 11.6 Å². The summed E-state index contributed by atoms with van der Waals surface area (Å²) in [6, 6.07) is 5.22. The van der Waals surface area contributed by atoms with Gasteiger partial charge in [-0.1, -0.05) is 18.2 Å². The van der Waals surface area contributed by atoms with Gasteiger partial charge in [-0.25, -0.2) is 9.18 Å². The average Bonchev–Trinajstić information content (AvgIpc) is 2.47. The molecule has 0 saturated carbocycles. The Morgan fingerprint density at radius 3 is 2.45 bits per heavy atom. The highest BCUT2D eigenvalue weighted by atomic mass is 19.1. The van der Waals surface area contributed by atoms with Crippen molar-refractivity contribution in [1.29, 1.82) is 0 Å². The molecule has 2 N–H and O–H groups in total. The molecule has 1 aromatic rings.